The Balaban J connectivity index is 1.29. The molecule has 248 valence electrons. The normalized spacial score (nSPS) is 25.4. The summed E-state index contributed by atoms with van der Waals surface area (Å²) in [4.78, 5) is 31.9. The summed E-state index contributed by atoms with van der Waals surface area (Å²) < 4.78 is 32.9. The van der Waals surface area contributed by atoms with E-state index >= 15 is 0 Å². The van der Waals surface area contributed by atoms with Gasteiger partial charge in [-0.2, -0.15) is 0 Å². The zero-order valence-electron chi connectivity index (χ0n) is 26.5. The molecular weight excluding hydrogens is 616 g/mol. The van der Waals surface area contributed by atoms with Gasteiger partial charge in [0.25, 0.3) is 5.91 Å². The van der Waals surface area contributed by atoms with Crippen LogP contribution >= 0.6 is 0 Å². The molecule has 2 amide bonds. The van der Waals surface area contributed by atoms with Gasteiger partial charge in [-0.3, -0.25) is 9.78 Å². The Morgan fingerprint density at radius 1 is 1.00 bits per heavy atom. The number of carbonyl (C=O) groups excluding carboxylic acids is 2. The fraction of sp³-hybridized carbons (Fsp3) is 0.472. The molecule has 4 aliphatic rings. The molecule has 10 nitrogen and oxygen atoms in total. The fourth-order valence-electron chi connectivity index (χ4n) is 9.31. The molecular formula is C36H42N4O6S. The Kier molecular flexibility index (Phi) is 8.24. The van der Waals surface area contributed by atoms with Crippen LogP contribution < -0.4 is 11.1 Å². The Bertz CT molecular complexity index is 1900. The lowest BCUT2D eigenvalue weighted by atomic mass is 9.50. The van der Waals surface area contributed by atoms with E-state index in [1.807, 2.05) is 42.5 Å². The average Bonchev–Trinajstić information content (AvgIpc) is 3.36. The van der Waals surface area contributed by atoms with E-state index in [9.17, 15) is 23.1 Å². The molecule has 4 saturated carbocycles. The first-order valence-electron chi connectivity index (χ1n) is 16.6. The number of hydrogen-bond donors (Lipinski definition) is 3. The van der Waals surface area contributed by atoms with Crippen molar-refractivity contribution in [3.05, 3.63) is 78.1 Å². The van der Waals surface area contributed by atoms with Gasteiger partial charge >= 0.3 is 6.09 Å². The number of aliphatic hydroxyl groups excluding tert-OH is 1. The van der Waals surface area contributed by atoms with E-state index in [1.165, 1.54) is 16.6 Å². The van der Waals surface area contributed by atoms with Gasteiger partial charge in [0, 0.05) is 29.3 Å². The summed E-state index contributed by atoms with van der Waals surface area (Å²) in [5, 5.41) is 14.7. The third kappa shape index (κ3) is 6.11. The molecule has 0 radical (unpaired) electrons. The number of nitrogens with one attached hydrogen (secondary N) is 1. The second-order valence-electron chi connectivity index (χ2n) is 14.2. The lowest BCUT2D eigenvalue weighted by Gasteiger charge is -2.55. The minimum atomic E-state index is -3.66. The van der Waals surface area contributed by atoms with E-state index < -0.39 is 33.7 Å². The monoisotopic (exact) mass is 658 g/mol. The smallest absolute Gasteiger partial charge is 0.405 e. The number of fused-ring (bicyclic) bond motifs is 3. The molecule has 4 bridgehead atoms. The van der Waals surface area contributed by atoms with Crippen molar-refractivity contribution in [2.75, 3.05) is 12.9 Å². The van der Waals surface area contributed by atoms with Crippen LogP contribution in [0.3, 0.4) is 0 Å². The van der Waals surface area contributed by atoms with Gasteiger partial charge in [-0.15, -0.1) is 0 Å². The maximum Gasteiger partial charge on any atom is 0.405 e. The largest absolute Gasteiger partial charge is 0.433 e. The molecule has 8 rings (SSSR count). The number of aromatic nitrogens is 2. The minimum absolute atomic E-state index is 0.0532. The van der Waals surface area contributed by atoms with Crippen molar-refractivity contribution in [3.63, 3.8) is 0 Å². The molecule has 47 heavy (non-hydrogen) atoms. The Labute approximate surface area is 274 Å². The van der Waals surface area contributed by atoms with Gasteiger partial charge in [0.15, 0.2) is 5.60 Å². The number of aliphatic hydroxyl groups is 1. The maximum atomic E-state index is 14.6. The minimum Gasteiger partial charge on any atom is -0.433 e. The van der Waals surface area contributed by atoms with Crippen LogP contribution in [0.2, 0.25) is 0 Å². The van der Waals surface area contributed by atoms with E-state index in [4.69, 9.17) is 10.5 Å². The number of ether oxygens (including phenoxy) is 1. The number of para-hydroxylation sites is 1. The van der Waals surface area contributed by atoms with Crippen molar-refractivity contribution in [1.82, 2.24) is 14.3 Å². The predicted octanol–water partition coefficient (Wildman–Crippen LogP) is 4.56. The first-order chi connectivity index (χ1) is 22.5. The Hall–Kier alpha value is -3.96. The standard InChI is InChI=1S/C36H42N4O6S/c1-47(44,45)40-32-10-6-5-9-29(32)30-17-27(38-20-33(30)40)18-36(46-35(37)43,19-31-25-12-23-11-24(14-25)15-26(31)13-23)34(42)39-28(21-41)16-22-7-3-2-4-8-22/h2-10,17,20,23-26,28,31,41H,11-16,18-19,21H2,1H3,(H2,37,43)(H,39,42). The van der Waals surface area contributed by atoms with Gasteiger partial charge in [-0.05, 0) is 85.8 Å². The quantitative estimate of drug-likeness (QED) is 0.214. The number of rotatable bonds is 11. The molecule has 4 aliphatic carbocycles. The highest BCUT2D eigenvalue weighted by molar-refractivity contribution is 7.89. The molecule has 2 unspecified atom stereocenters. The van der Waals surface area contributed by atoms with Crippen molar-refractivity contribution in [2.45, 2.75) is 63.0 Å². The van der Waals surface area contributed by atoms with E-state index in [2.05, 4.69) is 10.3 Å². The number of amides is 2. The van der Waals surface area contributed by atoms with Crippen LogP contribution in [0.25, 0.3) is 21.8 Å². The summed E-state index contributed by atoms with van der Waals surface area (Å²) in [5.41, 5.74) is 6.42. The second-order valence-corrected chi connectivity index (χ2v) is 16.0. The first kappa shape index (κ1) is 31.6. The van der Waals surface area contributed by atoms with E-state index in [0.29, 0.717) is 46.8 Å². The van der Waals surface area contributed by atoms with Gasteiger partial charge in [0.05, 0.1) is 36.1 Å². The number of benzene rings is 2. The summed E-state index contributed by atoms with van der Waals surface area (Å²) >= 11 is 0. The molecule has 2 aromatic carbocycles. The fourth-order valence-corrected chi connectivity index (χ4v) is 10.3. The van der Waals surface area contributed by atoms with Crippen LogP contribution in [0.4, 0.5) is 4.79 Å². The van der Waals surface area contributed by atoms with Crippen LogP contribution in [-0.4, -0.2) is 59.0 Å². The zero-order chi connectivity index (χ0) is 32.9. The van der Waals surface area contributed by atoms with Crippen LogP contribution in [0.5, 0.6) is 0 Å². The molecule has 2 atom stereocenters. The molecule has 2 aromatic heterocycles. The summed E-state index contributed by atoms with van der Waals surface area (Å²) in [5.74, 6) is 1.97. The van der Waals surface area contributed by atoms with Crippen molar-refractivity contribution in [3.8, 4) is 0 Å². The highest BCUT2D eigenvalue weighted by Crippen LogP contribution is 2.58. The zero-order valence-corrected chi connectivity index (χ0v) is 27.4. The van der Waals surface area contributed by atoms with E-state index in [1.54, 1.807) is 18.2 Å². The summed E-state index contributed by atoms with van der Waals surface area (Å²) in [6, 6.07) is 18.0. The molecule has 2 heterocycles. The SMILES string of the molecule is CS(=O)(=O)n1c2ccccc2c2cc(CC(CC3C4CC5CC(C4)CC3C5)(OC(N)=O)C(=O)NC(CO)Cc3ccccc3)ncc21. The number of nitrogens with two attached hydrogens (primary N) is 1. The lowest BCUT2D eigenvalue weighted by Crippen LogP contribution is -2.58. The van der Waals surface area contributed by atoms with Crippen molar-refractivity contribution in [2.24, 2.45) is 35.3 Å². The van der Waals surface area contributed by atoms with Crippen LogP contribution in [0.1, 0.15) is 49.8 Å². The van der Waals surface area contributed by atoms with Gasteiger partial charge in [0.2, 0.25) is 10.0 Å². The molecule has 0 aliphatic heterocycles. The van der Waals surface area contributed by atoms with Crippen LogP contribution in [-0.2, 0) is 32.4 Å². The summed E-state index contributed by atoms with van der Waals surface area (Å²) in [6.07, 6.45) is 8.00. The molecule has 0 spiro atoms. The molecule has 11 heteroatoms. The number of nitrogens with zero attached hydrogens (tertiary/aromatic N) is 2. The summed E-state index contributed by atoms with van der Waals surface area (Å²) in [6.45, 7) is -0.305. The van der Waals surface area contributed by atoms with Crippen LogP contribution in [0.15, 0.2) is 66.9 Å². The first-order valence-corrected chi connectivity index (χ1v) is 18.4. The molecule has 4 fully saturated rings. The van der Waals surface area contributed by atoms with E-state index in [0.717, 1.165) is 54.7 Å². The summed E-state index contributed by atoms with van der Waals surface area (Å²) in [7, 11) is -3.66. The molecule has 0 saturated heterocycles. The van der Waals surface area contributed by atoms with Crippen molar-refractivity contribution < 1.29 is 27.9 Å². The topological polar surface area (TPSA) is 154 Å². The maximum absolute atomic E-state index is 14.6. The van der Waals surface area contributed by atoms with Crippen LogP contribution in [0, 0.1) is 29.6 Å². The number of carbonyl (C=O) groups is 2. The van der Waals surface area contributed by atoms with E-state index in [-0.39, 0.29) is 18.9 Å². The number of primary amides is 1. The second kappa shape index (κ2) is 12.2. The Morgan fingerprint density at radius 2 is 1.66 bits per heavy atom. The number of hydrogen-bond acceptors (Lipinski definition) is 7. The van der Waals surface area contributed by atoms with Crippen molar-refractivity contribution >= 4 is 43.8 Å². The van der Waals surface area contributed by atoms with Gasteiger partial charge in [-0.1, -0.05) is 48.5 Å². The molecule has 4 N–H and O–H groups in total. The predicted molar refractivity (Wildman–Crippen MR) is 179 cm³/mol. The number of pyridine rings is 1. The Morgan fingerprint density at radius 3 is 2.30 bits per heavy atom. The average molecular weight is 659 g/mol. The van der Waals surface area contributed by atoms with Crippen molar-refractivity contribution in [1.29, 1.82) is 0 Å². The molecule has 4 aromatic rings. The van der Waals surface area contributed by atoms with Gasteiger partial charge in [-0.25, -0.2) is 17.2 Å². The third-order valence-electron chi connectivity index (χ3n) is 10.9. The highest BCUT2D eigenvalue weighted by Gasteiger charge is 2.54. The van der Waals surface area contributed by atoms with Gasteiger partial charge < -0.3 is 20.9 Å². The third-order valence-corrected chi connectivity index (χ3v) is 12.0. The highest BCUT2D eigenvalue weighted by atomic mass is 32.2. The lowest BCUT2D eigenvalue weighted by molar-refractivity contribution is -0.148. The van der Waals surface area contributed by atoms with Gasteiger partial charge in [0.1, 0.15) is 0 Å².